The van der Waals surface area contributed by atoms with Gasteiger partial charge in [-0.25, -0.2) is 0 Å². The Labute approximate surface area is 163 Å². The highest BCUT2D eigenvalue weighted by atomic mass is 16.5. The highest BCUT2D eigenvalue weighted by Crippen LogP contribution is 2.36. The van der Waals surface area contributed by atoms with Gasteiger partial charge in [0.15, 0.2) is 11.5 Å². The van der Waals surface area contributed by atoms with Gasteiger partial charge in [0, 0.05) is 56.5 Å². The lowest BCUT2D eigenvalue weighted by Crippen LogP contribution is -2.56. The molecular weight excluding hydrogens is 344 g/mol. The lowest BCUT2D eigenvalue weighted by Gasteiger charge is -2.44. The summed E-state index contributed by atoms with van der Waals surface area (Å²) in [7, 11) is 4.99. The van der Waals surface area contributed by atoms with Crippen LogP contribution in [0.3, 0.4) is 0 Å². The van der Waals surface area contributed by atoms with Crippen LogP contribution in [0.1, 0.15) is 37.7 Å². The first kappa shape index (κ1) is 20.2. The summed E-state index contributed by atoms with van der Waals surface area (Å²) in [5.41, 5.74) is 1.10. The van der Waals surface area contributed by atoms with Gasteiger partial charge in [-0.3, -0.25) is 9.80 Å². The minimum atomic E-state index is 0.251. The van der Waals surface area contributed by atoms with Crippen molar-refractivity contribution < 1.29 is 19.3 Å². The van der Waals surface area contributed by atoms with Gasteiger partial charge in [-0.2, -0.15) is 0 Å². The highest BCUT2D eigenvalue weighted by molar-refractivity contribution is 5.50. The molecule has 2 aliphatic rings. The summed E-state index contributed by atoms with van der Waals surface area (Å²) >= 11 is 0. The van der Waals surface area contributed by atoms with Gasteiger partial charge in [-0.15, -0.1) is 0 Å². The topological polar surface area (TPSA) is 54.4 Å². The van der Waals surface area contributed by atoms with Crippen molar-refractivity contribution in [2.45, 2.75) is 50.7 Å². The second kappa shape index (κ2) is 9.62. The Balaban J connectivity index is 1.72. The third-order valence-electron chi connectivity index (χ3n) is 6.05. The number of benzene rings is 1. The van der Waals surface area contributed by atoms with Crippen LogP contribution in [0, 0.1) is 0 Å². The monoisotopic (exact) mass is 378 g/mol. The molecule has 0 aromatic heterocycles. The lowest BCUT2D eigenvalue weighted by molar-refractivity contribution is 0.0264. The number of ether oxygens (including phenoxy) is 3. The van der Waals surface area contributed by atoms with Crippen LogP contribution in [0.15, 0.2) is 12.1 Å². The quantitative estimate of drug-likeness (QED) is 0.750. The van der Waals surface area contributed by atoms with E-state index in [9.17, 15) is 5.11 Å². The van der Waals surface area contributed by atoms with Gasteiger partial charge in [0.05, 0.1) is 21.3 Å². The molecule has 0 amide bonds. The third-order valence-corrected chi connectivity index (χ3v) is 6.05. The van der Waals surface area contributed by atoms with Crippen molar-refractivity contribution in [1.82, 2.24) is 9.80 Å². The Morgan fingerprint density at radius 3 is 2.26 bits per heavy atom. The summed E-state index contributed by atoms with van der Waals surface area (Å²) < 4.78 is 16.5. The molecular formula is C21H34N2O4. The van der Waals surface area contributed by atoms with E-state index < -0.39 is 0 Å². The zero-order valence-electron chi connectivity index (χ0n) is 16.9. The van der Waals surface area contributed by atoms with E-state index in [0.29, 0.717) is 17.8 Å². The van der Waals surface area contributed by atoms with E-state index >= 15 is 0 Å². The predicted molar refractivity (Wildman–Crippen MR) is 106 cm³/mol. The standard InChI is InChI=1S/C21H34N2O4/c1-25-19-13-21(27-3)20(26-2)12-16(19)14-22-9-10-23(17-6-4-5-7-17)18(15-22)8-11-24/h12-13,17-18,24H,4-11,14-15H2,1-3H3/t18-/m0/s1. The van der Waals surface area contributed by atoms with E-state index in [1.807, 2.05) is 12.1 Å². The Hall–Kier alpha value is -1.50. The highest BCUT2D eigenvalue weighted by Gasteiger charge is 2.33. The van der Waals surface area contributed by atoms with Crippen LogP contribution in [0.2, 0.25) is 0 Å². The second-order valence-corrected chi connectivity index (χ2v) is 7.60. The molecule has 6 heteroatoms. The van der Waals surface area contributed by atoms with Crippen LogP contribution in [0.25, 0.3) is 0 Å². The van der Waals surface area contributed by atoms with Gasteiger partial charge in [-0.05, 0) is 25.3 Å². The molecule has 27 heavy (non-hydrogen) atoms. The number of aliphatic hydroxyl groups is 1. The van der Waals surface area contributed by atoms with Crippen molar-refractivity contribution in [3.05, 3.63) is 17.7 Å². The molecule has 1 saturated heterocycles. The number of piperazine rings is 1. The summed E-state index contributed by atoms with van der Waals surface area (Å²) in [6, 6.07) is 5.05. The van der Waals surface area contributed by atoms with E-state index in [1.54, 1.807) is 21.3 Å². The number of rotatable bonds is 8. The summed E-state index contributed by atoms with van der Waals surface area (Å²) in [6.07, 6.45) is 6.16. The van der Waals surface area contributed by atoms with Crippen LogP contribution in [0.4, 0.5) is 0 Å². The van der Waals surface area contributed by atoms with Gasteiger partial charge in [-0.1, -0.05) is 12.8 Å². The lowest BCUT2D eigenvalue weighted by atomic mass is 10.0. The predicted octanol–water partition coefficient (Wildman–Crippen LogP) is 2.52. The average Bonchev–Trinajstić information content (AvgIpc) is 3.22. The van der Waals surface area contributed by atoms with Crippen LogP contribution < -0.4 is 14.2 Å². The van der Waals surface area contributed by atoms with Gasteiger partial charge in [0.1, 0.15) is 5.75 Å². The maximum absolute atomic E-state index is 9.57. The van der Waals surface area contributed by atoms with Crippen molar-refractivity contribution in [2.75, 3.05) is 47.6 Å². The van der Waals surface area contributed by atoms with Gasteiger partial charge >= 0.3 is 0 Å². The Bertz CT molecular complexity index is 604. The van der Waals surface area contributed by atoms with Crippen molar-refractivity contribution in [3.8, 4) is 17.2 Å². The molecule has 0 unspecified atom stereocenters. The molecule has 1 atom stereocenters. The maximum Gasteiger partial charge on any atom is 0.164 e. The Kier molecular flexibility index (Phi) is 7.21. The minimum Gasteiger partial charge on any atom is -0.496 e. The maximum atomic E-state index is 9.57. The molecule has 2 fully saturated rings. The number of hydrogen-bond acceptors (Lipinski definition) is 6. The minimum absolute atomic E-state index is 0.251. The number of nitrogens with zero attached hydrogens (tertiary/aromatic N) is 2. The van der Waals surface area contributed by atoms with E-state index in [2.05, 4.69) is 9.80 Å². The Morgan fingerprint density at radius 2 is 1.63 bits per heavy atom. The molecule has 0 bridgehead atoms. The van der Waals surface area contributed by atoms with Crippen molar-refractivity contribution in [1.29, 1.82) is 0 Å². The molecule has 1 aromatic rings. The van der Waals surface area contributed by atoms with Gasteiger partial charge in [0.25, 0.3) is 0 Å². The number of hydrogen-bond donors (Lipinski definition) is 1. The van der Waals surface area contributed by atoms with Crippen LogP contribution >= 0.6 is 0 Å². The molecule has 1 heterocycles. The first-order valence-electron chi connectivity index (χ1n) is 10.1. The van der Waals surface area contributed by atoms with E-state index in [0.717, 1.165) is 49.7 Å². The Morgan fingerprint density at radius 1 is 0.963 bits per heavy atom. The summed E-state index contributed by atoms with van der Waals surface area (Å²) in [5.74, 6) is 2.23. The zero-order valence-corrected chi connectivity index (χ0v) is 16.9. The fourth-order valence-electron chi connectivity index (χ4n) is 4.66. The summed E-state index contributed by atoms with van der Waals surface area (Å²) in [6.45, 7) is 4.15. The molecule has 152 valence electrons. The molecule has 0 radical (unpaired) electrons. The molecule has 1 aliphatic carbocycles. The number of methoxy groups -OCH3 is 3. The first-order valence-corrected chi connectivity index (χ1v) is 10.1. The first-order chi connectivity index (χ1) is 13.2. The SMILES string of the molecule is COc1cc(OC)c(OC)cc1CN1CCN(C2CCCC2)[C@@H](CCO)C1. The van der Waals surface area contributed by atoms with Crippen molar-refractivity contribution in [2.24, 2.45) is 0 Å². The molecule has 1 aliphatic heterocycles. The van der Waals surface area contributed by atoms with E-state index in [-0.39, 0.29) is 6.61 Å². The van der Waals surface area contributed by atoms with Gasteiger partial charge < -0.3 is 19.3 Å². The third kappa shape index (κ3) is 4.68. The molecule has 6 nitrogen and oxygen atoms in total. The van der Waals surface area contributed by atoms with E-state index in [1.165, 1.54) is 25.7 Å². The normalized spacial score (nSPS) is 22.1. The van der Waals surface area contributed by atoms with Crippen molar-refractivity contribution in [3.63, 3.8) is 0 Å². The molecule has 1 aromatic carbocycles. The molecule has 3 rings (SSSR count). The van der Waals surface area contributed by atoms with Crippen LogP contribution in [-0.4, -0.2) is 74.6 Å². The second-order valence-electron chi connectivity index (χ2n) is 7.60. The summed E-state index contributed by atoms with van der Waals surface area (Å²) in [5, 5.41) is 9.57. The van der Waals surface area contributed by atoms with Gasteiger partial charge in [0.2, 0.25) is 0 Å². The largest absolute Gasteiger partial charge is 0.496 e. The smallest absolute Gasteiger partial charge is 0.164 e. The summed E-state index contributed by atoms with van der Waals surface area (Å²) in [4.78, 5) is 5.13. The zero-order chi connectivity index (χ0) is 19.2. The fourth-order valence-corrected chi connectivity index (χ4v) is 4.66. The van der Waals surface area contributed by atoms with Crippen LogP contribution in [-0.2, 0) is 6.54 Å². The van der Waals surface area contributed by atoms with Crippen molar-refractivity contribution >= 4 is 0 Å². The van der Waals surface area contributed by atoms with Crippen LogP contribution in [0.5, 0.6) is 17.2 Å². The average molecular weight is 379 g/mol. The molecule has 1 saturated carbocycles. The fraction of sp³-hybridized carbons (Fsp3) is 0.714. The molecule has 1 N–H and O–H groups in total. The number of aliphatic hydroxyl groups excluding tert-OH is 1. The van der Waals surface area contributed by atoms with E-state index in [4.69, 9.17) is 14.2 Å². The molecule has 0 spiro atoms.